The highest BCUT2D eigenvalue weighted by Gasteiger charge is 2.25. The third kappa shape index (κ3) is 4.19. The van der Waals surface area contributed by atoms with E-state index in [1.165, 1.54) is 32.1 Å². The van der Waals surface area contributed by atoms with Crippen LogP contribution in [0, 0.1) is 5.92 Å². The highest BCUT2D eigenvalue weighted by Crippen LogP contribution is 2.30. The van der Waals surface area contributed by atoms with Crippen molar-refractivity contribution in [3.8, 4) is 0 Å². The van der Waals surface area contributed by atoms with Crippen molar-refractivity contribution in [2.45, 2.75) is 36.9 Å². The lowest BCUT2D eigenvalue weighted by Gasteiger charge is -2.25. The van der Waals surface area contributed by atoms with Crippen LogP contribution in [0.5, 0.6) is 0 Å². The highest BCUT2D eigenvalue weighted by molar-refractivity contribution is 9.11. The second-order valence-corrected chi connectivity index (χ2v) is 8.52. The van der Waals surface area contributed by atoms with E-state index in [4.69, 9.17) is 0 Å². The second kappa shape index (κ2) is 5.85. The summed E-state index contributed by atoms with van der Waals surface area (Å²) in [5.41, 5.74) is 0. The average Bonchev–Trinajstić information content (AvgIpc) is 2.19. The van der Waals surface area contributed by atoms with Crippen LogP contribution in [0.3, 0.4) is 0 Å². The van der Waals surface area contributed by atoms with Gasteiger partial charge in [-0.1, -0.05) is 51.1 Å². The number of hydrogen-bond donors (Lipinski definition) is 0. The molecule has 1 atom stereocenters. The molecule has 1 aliphatic carbocycles. The van der Waals surface area contributed by atoms with Crippen LogP contribution in [0.2, 0.25) is 0 Å². The van der Waals surface area contributed by atoms with Crippen molar-refractivity contribution in [2.75, 3.05) is 10.4 Å². The van der Waals surface area contributed by atoms with Gasteiger partial charge in [0.05, 0.1) is 5.75 Å². The number of sulfone groups is 1. The SMILES string of the molecule is O=S(=O)(CBr)CC(Br)C1CCCCC1. The molecular weight excluding hydrogens is 332 g/mol. The molecule has 5 heteroatoms. The number of halogens is 2. The van der Waals surface area contributed by atoms with Gasteiger partial charge in [-0.05, 0) is 18.8 Å². The van der Waals surface area contributed by atoms with Crippen molar-refractivity contribution in [3.05, 3.63) is 0 Å². The molecule has 1 saturated carbocycles. The second-order valence-electron chi connectivity index (χ2n) is 3.93. The van der Waals surface area contributed by atoms with E-state index in [1.54, 1.807) is 0 Å². The largest absolute Gasteiger partial charge is 0.228 e. The molecule has 84 valence electrons. The summed E-state index contributed by atoms with van der Waals surface area (Å²) in [5.74, 6) is 0.820. The molecule has 0 aliphatic heterocycles. The minimum absolute atomic E-state index is 0.0782. The maximum absolute atomic E-state index is 11.4. The van der Waals surface area contributed by atoms with Crippen LogP contribution in [0.15, 0.2) is 0 Å². The van der Waals surface area contributed by atoms with Crippen LogP contribution in [-0.2, 0) is 9.84 Å². The average molecular weight is 348 g/mol. The molecule has 0 aromatic heterocycles. The first-order valence-electron chi connectivity index (χ1n) is 4.95. The van der Waals surface area contributed by atoms with Crippen molar-refractivity contribution >= 4 is 41.7 Å². The van der Waals surface area contributed by atoms with Gasteiger partial charge in [-0.2, -0.15) is 0 Å². The monoisotopic (exact) mass is 346 g/mol. The molecule has 2 nitrogen and oxygen atoms in total. The first kappa shape index (κ1) is 13.0. The Bertz CT molecular complexity index is 258. The standard InChI is InChI=1S/C9H16Br2O2S/c10-7-14(12,13)6-9(11)8-4-2-1-3-5-8/h8-9H,1-7H2. The maximum Gasteiger partial charge on any atom is 0.161 e. The van der Waals surface area contributed by atoms with E-state index in [0.717, 1.165) is 0 Å². The van der Waals surface area contributed by atoms with Gasteiger partial charge in [0, 0.05) is 4.83 Å². The van der Waals surface area contributed by atoms with Crippen LogP contribution in [0.25, 0.3) is 0 Å². The number of hydrogen-bond acceptors (Lipinski definition) is 2. The van der Waals surface area contributed by atoms with Crippen LogP contribution in [0.1, 0.15) is 32.1 Å². The Morgan fingerprint density at radius 3 is 2.29 bits per heavy atom. The summed E-state index contributed by atoms with van der Waals surface area (Å²) >= 11 is 6.53. The molecular formula is C9H16Br2O2S. The van der Waals surface area contributed by atoms with Crippen molar-refractivity contribution in [1.82, 2.24) is 0 Å². The van der Waals surface area contributed by atoms with E-state index in [0.29, 0.717) is 5.92 Å². The molecule has 0 aromatic carbocycles. The lowest BCUT2D eigenvalue weighted by Crippen LogP contribution is -2.26. The van der Waals surface area contributed by atoms with Gasteiger partial charge in [0.25, 0.3) is 0 Å². The summed E-state index contributed by atoms with van der Waals surface area (Å²) in [4.78, 5) is 0.144. The van der Waals surface area contributed by atoms with E-state index in [2.05, 4.69) is 31.9 Å². The lowest BCUT2D eigenvalue weighted by molar-refractivity contribution is 0.360. The van der Waals surface area contributed by atoms with Crippen molar-refractivity contribution in [2.24, 2.45) is 5.92 Å². The van der Waals surface area contributed by atoms with Gasteiger partial charge >= 0.3 is 0 Å². The summed E-state index contributed by atoms with van der Waals surface area (Å²) in [6.07, 6.45) is 6.16. The van der Waals surface area contributed by atoms with Gasteiger partial charge in [0.1, 0.15) is 4.66 Å². The first-order chi connectivity index (χ1) is 6.55. The molecule has 0 saturated heterocycles. The quantitative estimate of drug-likeness (QED) is 0.732. The Balaban J connectivity index is 2.44. The molecule has 0 N–H and O–H groups in total. The topological polar surface area (TPSA) is 34.1 Å². The maximum atomic E-state index is 11.4. The van der Waals surface area contributed by atoms with Crippen LogP contribution in [-0.4, -0.2) is 23.7 Å². The minimum atomic E-state index is -2.90. The Kier molecular flexibility index (Phi) is 5.42. The van der Waals surface area contributed by atoms with Crippen molar-refractivity contribution in [1.29, 1.82) is 0 Å². The molecule has 14 heavy (non-hydrogen) atoms. The normalized spacial score (nSPS) is 22.1. The van der Waals surface area contributed by atoms with Gasteiger partial charge < -0.3 is 0 Å². The van der Waals surface area contributed by atoms with Gasteiger partial charge in [-0.25, -0.2) is 8.42 Å². The molecule has 0 aromatic rings. The smallest absolute Gasteiger partial charge is 0.161 e. The predicted octanol–water partition coefficient (Wildman–Crippen LogP) is 3.10. The lowest BCUT2D eigenvalue weighted by atomic mass is 9.87. The van der Waals surface area contributed by atoms with Crippen LogP contribution < -0.4 is 0 Å². The molecule has 0 amide bonds. The first-order valence-corrected chi connectivity index (χ1v) is 8.81. The summed E-state index contributed by atoms with van der Waals surface area (Å²) < 4.78 is 22.8. The summed E-state index contributed by atoms with van der Waals surface area (Å²) in [7, 11) is -2.90. The van der Waals surface area contributed by atoms with E-state index in [-0.39, 0.29) is 15.2 Å². The molecule has 1 unspecified atom stereocenters. The van der Waals surface area contributed by atoms with Gasteiger partial charge in [0.2, 0.25) is 0 Å². The number of alkyl halides is 2. The molecule has 0 bridgehead atoms. The fraction of sp³-hybridized carbons (Fsp3) is 1.00. The molecule has 0 radical (unpaired) electrons. The predicted molar refractivity (Wildman–Crippen MR) is 66.9 cm³/mol. The molecule has 0 heterocycles. The highest BCUT2D eigenvalue weighted by atomic mass is 79.9. The van der Waals surface area contributed by atoms with E-state index in [1.807, 2.05) is 0 Å². The molecule has 0 spiro atoms. The van der Waals surface area contributed by atoms with Crippen LogP contribution >= 0.6 is 31.9 Å². The zero-order valence-corrected chi connectivity index (χ0v) is 12.1. The third-order valence-corrected chi connectivity index (χ3v) is 7.53. The molecule has 1 aliphatic rings. The zero-order chi connectivity index (χ0) is 10.6. The summed E-state index contributed by atoms with van der Waals surface area (Å²) in [6.45, 7) is 0. The fourth-order valence-corrected chi connectivity index (χ4v) is 5.06. The van der Waals surface area contributed by atoms with Crippen molar-refractivity contribution in [3.63, 3.8) is 0 Å². The minimum Gasteiger partial charge on any atom is -0.228 e. The Labute approximate surface area is 103 Å². The van der Waals surface area contributed by atoms with Crippen LogP contribution in [0.4, 0.5) is 0 Å². The Morgan fingerprint density at radius 2 is 1.79 bits per heavy atom. The van der Waals surface area contributed by atoms with E-state index >= 15 is 0 Å². The Morgan fingerprint density at radius 1 is 1.21 bits per heavy atom. The zero-order valence-electron chi connectivity index (χ0n) is 8.09. The van der Waals surface area contributed by atoms with E-state index < -0.39 is 9.84 Å². The van der Waals surface area contributed by atoms with Crippen molar-refractivity contribution < 1.29 is 8.42 Å². The van der Waals surface area contributed by atoms with Gasteiger partial charge in [-0.3, -0.25) is 0 Å². The third-order valence-electron chi connectivity index (χ3n) is 2.74. The fourth-order valence-electron chi connectivity index (χ4n) is 1.92. The summed E-state index contributed by atoms with van der Waals surface area (Å²) in [5, 5.41) is 0. The van der Waals surface area contributed by atoms with Gasteiger partial charge in [-0.15, -0.1) is 0 Å². The van der Waals surface area contributed by atoms with Gasteiger partial charge in [0.15, 0.2) is 9.84 Å². The summed E-state index contributed by atoms with van der Waals surface area (Å²) in [6, 6.07) is 0. The number of rotatable bonds is 4. The molecule has 1 fully saturated rings. The Hall–Kier alpha value is 0.910. The van der Waals surface area contributed by atoms with E-state index in [9.17, 15) is 8.42 Å². The molecule has 1 rings (SSSR count).